The summed E-state index contributed by atoms with van der Waals surface area (Å²) >= 11 is 16.2. The van der Waals surface area contributed by atoms with Gasteiger partial charge in [-0.1, -0.05) is 24.4 Å². The number of nitrogens with one attached hydrogen (secondary N) is 1. The van der Waals surface area contributed by atoms with E-state index in [1.807, 2.05) is 6.92 Å². The molecule has 0 spiro atoms. The van der Waals surface area contributed by atoms with Crippen molar-refractivity contribution in [1.29, 1.82) is 0 Å². The van der Waals surface area contributed by atoms with Crippen LogP contribution in [0.5, 0.6) is 11.5 Å². The van der Waals surface area contributed by atoms with Crippen molar-refractivity contribution in [1.82, 2.24) is 4.98 Å². The number of hydrogen-bond acceptors (Lipinski definition) is 7. The molecule has 2 aromatic rings. The number of nitrogens with two attached hydrogens (primary N) is 1. The fraction of sp³-hybridized carbons (Fsp3) is 0.381. The Bertz CT molecular complexity index is 995. The fourth-order valence-electron chi connectivity index (χ4n) is 2.29. The van der Waals surface area contributed by atoms with E-state index < -0.39 is 5.92 Å². The number of hydrogen-bond donors (Lipinski definition) is 2. The molecule has 1 heterocycles. The molecule has 2 rings (SSSR count). The second kappa shape index (κ2) is 13.4. The van der Waals surface area contributed by atoms with Gasteiger partial charge in [-0.3, -0.25) is 0 Å². The summed E-state index contributed by atoms with van der Waals surface area (Å²) in [4.78, 5) is 6.88. The molecule has 0 aliphatic rings. The molecule has 176 valence electrons. The normalized spacial score (nSPS) is 11.3. The maximum atomic E-state index is 13.7. The second-order valence-electron chi connectivity index (χ2n) is 6.19. The molecule has 32 heavy (non-hydrogen) atoms. The number of alkyl halides is 3. The van der Waals surface area contributed by atoms with Gasteiger partial charge in [0, 0.05) is 17.0 Å². The molecule has 0 amide bonds. The summed E-state index contributed by atoms with van der Waals surface area (Å²) in [6.45, 7) is 4.78. The molecule has 1 aromatic heterocycles. The monoisotopic (exact) mass is 505 g/mol. The SMILES string of the molecule is CCOC(=S)COc1ccccc1O/C(CCl)=N/c1[nH]c(C(C)(F)F)cc(=S)c1C.CN. The first-order chi connectivity index (χ1) is 15.2. The van der Waals surface area contributed by atoms with E-state index in [0.29, 0.717) is 28.7 Å². The quantitative estimate of drug-likeness (QED) is 0.203. The lowest BCUT2D eigenvalue weighted by molar-refractivity contribution is 0.0128. The van der Waals surface area contributed by atoms with E-state index in [9.17, 15) is 8.78 Å². The number of aromatic amines is 1. The molecule has 0 radical (unpaired) electrons. The highest BCUT2D eigenvalue weighted by molar-refractivity contribution is 7.80. The molecule has 0 bridgehead atoms. The van der Waals surface area contributed by atoms with Crippen LogP contribution in [0.4, 0.5) is 14.6 Å². The van der Waals surface area contributed by atoms with Crippen LogP contribution in [0.15, 0.2) is 35.3 Å². The average Bonchev–Trinajstić information content (AvgIpc) is 2.76. The van der Waals surface area contributed by atoms with Crippen LogP contribution < -0.4 is 15.2 Å². The summed E-state index contributed by atoms with van der Waals surface area (Å²) in [6, 6.07) is 8.07. The van der Waals surface area contributed by atoms with Gasteiger partial charge >= 0.3 is 0 Å². The van der Waals surface area contributed by atoms with Gasteiger partial charge in [0.15, 0.2) is 23.2 Å². The van der Waals surface area contributed by atoms with Crippen molar-refractivity contribution in [3.8, 4) is 11.5 Å². The summed E-state index contributed by atoms with van der Waals surface area (Å²) in [6.07, 6.45) is 0. The number of aromatic nitrogens is 1. The predicted molar refractivity (Wildman–Crippen MR) is 131 cm³/mol. The van der Waals surface area contributed by atoms with Gasteiger partial charge in [0.25, 0.3) is 5.92 Å². The van der Waals surface area contributed by atoms with Gasteiger partial charge in [-0.2, -0.15) is 4.99 Å². The maximum absolute atomic E-state index is 13.7. The summed E-state index contributed by atoms with van der Waals surface area (Å²) in [5, 5.41) is 0.305. The van der Waals surface area contributed by atoms with Gasteiger partial charge in [0.1, 0.15) is 5.82 Å². The zero-order valence-electron chi connectivity index (χ0n) is 18.2. The standard InChI is InChI=1S/C20H21ClF2N2O3S2.CH5N/c1-4-26-18(30)11-27-13-7-5-6-8-14(13)28-17(10-21)25-19-12(2)15(29)9-16(24-19)20(3,22)23;1-2/h5-9H,4,10-11H2,1-3H3,(H,24,29);2H2,1H3/b25-17+;. The maximum Gasteiger partial charge on any atom is 0.284 e. The number of para-hydroxylation sites is 2. The smallest absolute Gasteiger partial charge is 0.284 e. The van der Waals surface area contributed by atoms with Crippen molar-refractivity contribution in [3.63, 3.8) is 0 Å². The van der Waals surface area contributed by atoms with E-state index in [-0.39, 0.29) is 34.4 Å². The highest BCUT2D eigenvalue weighted by Gasteiger charge is 2.26. The summed E-state index contributed by atoms with van der Waals surface area (Å²) in [7, 11) is 1.50. The zero-order valence-corrected chi connectivity index (χ0v) is 20.6. The van der Waals surface area contributed by atoms with E-state index in [2.05, 4.69) is 15.7 Å². The van der Waals surface area contributed by atoms with Crippen LogP contribution in [-0.4, -0.2) is 42.1 Å². The van der Waals surface area contributed by atoms with E-state index in [1.54, 1.807) is 31.2 Å². The molecular formula is C21H26ClF2N3O3S2. The lowest BCUT2D eigenvalue weighted by Gasteiger charge is -2.15. The highest BCUT2D eigenvalue weighted by Crippen LogP contribution is 2.30. The van der Waals surface area contributed by atoms with E-state index in [4.69, 9.17) is 50.2 Å². The first-order valence-corrected chi connectivity index (χ1v) is 10.9. The second-order valence-corrected chi connectivity index (χ2v) is 7.35. The largest absolute Gasteiger partial charge is 0.484 e. The van der Waals surface area contributed by atoms with Crippen LogP contribution >= 0.6 is 36.0 Å². The van der Waals surface area contributed by atoms with Gasteiger partial charge in [0.05, 0.1) is 18.2 Å². The number of benzene rings is 1. The molecule has 3 N–H and O–H groups in total. The Hall–Kier alpha value is -2.14. The minimum absolute atomic E-state index is 0.0662. The highest BCUT2D eigenvalue weighted by atomic mass is 35.5. The third-order valence-corrected chi connectivity index (χ3v) is 4.69. The molecule has 0 saturated heterocycles. The van der Waals surface area contributed by atoms with Gasteiger partial charge in [-0.05, 0) is 51.3 Å². The number of rotatable bonds is 8. The molecule has 0 unspecified atom stereocenters. The third-order valence-electron chi connectivity index (χ3n) is 3.80. The molecule has 1 aromatic carbocycles. The number of halogens is 3. The lowest BCUT2D eigenvalue weighted by atomic mass is 10.2. The van der Waals surface area contributed by atoms with Crippen LogP contribution in [0.2, 0.25) is 0 Å². The van der Waals surface area contributed by atoms with Crippen LogP contribution in [0.25, 0.3) is 0 Å². The average molecular weight is 506 g/mol. The molecule has 0 atom stereocenters. The Morgan fingerprint density at radius 1 is 1.25 bits per heavy atom. The minimum atomic E-state index is -3.10. The lowest BCUT2D eigenvalue weighted by Crippen LogP contribution is -2.15. The molecule has 6 nitrogen and oxygen atoms in total. The zero-order chi connectivity index (χ0) is 24.3. The Kier molecular flexibility index (Phi) is 11.7. The summed E-state index contributed by atoms with van der Waals surface area (Å²) in [5.41, 5.74) is 4.68. The van der Waals surface area contributed by atoms with Crippen LogP contribution in [0.1, 0.15) is 25.1 Å². The van der Waals surface area contributed by atoms with Crippen molar-refractivity contribution >= 4 is 52.8 Å². The Balaban J connectivity index is 0.00000249. The van der Waals surface area contributed by atoms with Crippen molar-refractivity contribution in [2.24, 2.45) is 10.7 Å². The van der Waals surface area contributed by atoms with Gasteiger partial charge in [0.2, 0.25) is 5.90 Å². The Morgan fingerprint density at radius 2 is 1.88 bits per heavy atom. The first-order valence-electron chi connectivity index (χ1n) is 9.54. The molecule has 11 heteroatoms. The Labute approximate surface area is 201 Å². The molecule has 0 aliphatic heterocycles. The van der Waals surface area contributed by atoms with Crippen LogP contribution in [0, 0.1) is 11.4 Å². The summed E-state index contributed by atoms with van der Waals surface area (Å²) < 4.78 is 44.4. The number of ether oxygens (including phenoxy) is 3. The molecule has 0 saturated carbocycles. The number of nitrogens with zero attached hydrogens (tertiary/aromatic N) is 1. The number of thiocarbonyl (C=S) groups is 1. The topological polar surface area (TPSA) is 81.9 Å². The van der Waals surface area contributed by atoms with Gasteiger partial charge in [-0.15, -0.1) is 11.6 Å². The number of aliphatic imine (C=N–C) groups is 1. The van der Waals surface area contributed by atoms with Gasteiger partial charge < -0.3 is 24.9 Å². The van der Waals surface area contributed by atoms with Crippen LogP contribution in [-0.2, 0) is 10.7 Å². The molecule has 0 aliphatic carbocycles. The first kappa shape index (κ1) is 27.9. The van der Waals surface area contributed by atoms with E-state index in [0.717, 1.165) is 6.92 Å². The Morgan fingerprint density at radius 3 is 2.44 bits per heavy atom. The van der Waals surface area contributed by atoms with E-state index >= 15 is 0 Å². The predicted octanol–water partition coefficient (Wildman–Crippen LogP) is 5.83. The van der Waals surface area contributed by atoms with Gasteiger partial charge in [-0.25, -0.2) is 8.78 Å². The van der Waals surface area contributed by atoms with Crippen molar-refractivity contribution < 1.29 is 23.0 Å². The van der Waals surface area contributed by atoms with Crippen molar-refractivity contribution in [2.75, 3.05) is 26.1 Å². The summed E-state index contributed by atoms with van der Waals surface area (Å²) in [5.74, 6) is -2.26. The minimum Gasteiger partial charge on any atom is -0.484 e. The third kappa shape index (κ3) is 8.42. The number of pyridine rings is 1. The fourth-order valence-corrected chi connectivity index (χ4v) is 2.79. The molecular weight excluding hydrogens is 480 g/mol. The van der Waals surface area contributed by atoms with Crippen molar-refractivity contribution in [2.45, 2.75) is 26.7 Å². The van der Waals surface area contributed by atoms with Crippen molar-refractivity contribution in [3.05, 3.63) is 46.1 Å². The van der Waals surface area contributed by atoms with Crippen LogP contribution in [0.3, 0.4) is 0 Å². The van der Waals surface area contributed by atoms with E-state index in [1.165, 1.54) is 13.1 Å². The molecule has 0 fully saturated rings. The number of H-pyrrole nitrogens is 1.